The first kappa shape index (κ1) is 25.7. The molecule has 0 fully saturated rings. The van der Waals surface area contributed by atoms with E-state index in [9.17, 15) is 19.4 Å². The van der Waals surface area contributed by atoms with E-state index in [0.29, 0.717) is 0 Å². The normalized spacial score (nSPS) is 14.8. The second-order valence-electron chi connectivity index (χ2n) is 9.57. The van der Waals surface area contributed by atoms with Gasteiger partial charge in [0, 0.05) is 29.9 Å². The Labute approximate surface area is 210 Å². The highest BCUT2D eigenvalue weighted by Crippen LogP contribution is 2.41. The number of hydrogen-bond acceptors (Lipinski definition) is 5. The molecule has 1 aliphatic carbocycles. The summed E-state index contributed by atoms with van der Waals surface area (Å²) in [5.41, 5.74) is 7.59. The van der Waals surface area contributed by atoms with Crippen molar-refractivity contribution in [3.63, 3.8) is 0 Å². The number of halogens is 1. The molecule has 0 unspecified atom stereocenters. The molecule has 2 atom stereocenters. The summed E-state index contributed by atoms with van der Waals surface area (Å²) in [6, 6.07) is 8.43. The summed E-state index contributed by atoms with van der Waals surface area (Å²) in [7, 11) is 0. The molecule has 6 nitrogen and oxygen atoms in total. The lowest BCUT2D eigenvalue weighted by Crippen LogP contribution is -2.19. The van der Waals surface area contributed by atoms with Crippen LogP contribution in [0.5, 0.6) is 0 Å². The fourth-order valence-electron chi connectivity index (χ4n) is 4.84. The number of pyridine rings is 2. The highest BCUT2D eigenvalue weighted by Gasteiger charge is 2.25. The Balaban J connectivity index is 1.90. The average Bonchev–Trinajstić information content (AvgIpc) is 3.01. The van der Waals surface area contributed by atoms with Gasteiger partial charge in [0.25, 0.3) is 0 Å². The minimum absolute atomic E-state index is 0.0484. The Bertz CT molecular complexity index is 1270. The molecule has 0 saturated carbocycles. The molecule has 3 aromatic rings. The molecule has 2 heterocycles. The Morgan fingerprint density at radius 2 is 1.89 bits per heavy atom. The van der Waals surface area contributed by atoms with Crippen molar-refractivity contribution >= 4 is 12.0 Å². The summed E-state index contributed by atoms with van der Waals surface area (Å²) in [6.07, 6.45) is 6.91. The molecule has 0 radical (unpaired) electrons. The summed E-state index contributed by atoms with van der Waals surface area (Å²) in [4.78, 5) is 20.3. The van der Waals surface area contributed by atoms with Crippen LogP contribution in [0.1, 0.15) is 61.4 Å². The van der Waals surface area contributed by atoms with Crippen LogP contribution in [0, 0.1) is 5.82 Å². The summed E-state index contributed by atoms with van der Waals surface area (Å²) < 4.78 is 13.8. The third-order valence-corrected chi connectivity index (χ3v) is 6.49. The van der Waals surface area contributed by atoms with E-state index < -0.39 is 24.6 Å². The number of hydrogen-bond donors (Lipinski definition) is 3. The van der Waals surface area contributed by atoms with E-state index in [2.05, 4.69) is 18.8 Å². The van der Waals surface area contributed by atoms with Crippen molar-refractivity contribution in [2.24, 2.45) is 0 Å². The van der Waals surface area contributed by atoms with Crippen LogP contribution >= 0.6 is 0 Å². The lowest BCUT2D eigenvalue weighted by atomic mass is 9.86. The van der Waals surface area contributed by atoms with Crippen LogP contribution in [-0.2, 0) is 17.6 Å². The molecule has 1 aromatic carbocycles. The van der Waals surface area contributed by atoms with Gasteiger partial charge in [-0.1, -0.05) is 38.1 Å². The van der Waals surface area contributed by atoms with E-state index in [1.165, 1.54) is 17.7 Å². The first-order chi connectivity index (χ1) is 17.2. The molecule has 0 aliphatic heterocycles. The van der Waals surface area contributed by atoms with Gasteiger partial charge in [0.2, 0.25) is 0 Å². The van der Waals surface area contributed by atoms with E-state index in [4.69, 9.17) is 10.1 Å². The van der Waals surface area contributed by atoms with Gasteiger partial charge in [0.1, 0.15) is 5.82 Å². The largest absolute Gasteiger partial charge is 0.481 e. The number of aliphatic hydroxyl groups is 2. The summed E-state index contributed by atoms with van der Waals surface area (Å²) in [5, 5.41) is 29.3. The quantitative estimate of drug-likeness (QED) is 0.403. The molecule has 0 amide bonds. The van der Waals surface area contributed by atoms with Crippen LogP contribution < -0.4 is 0 Å². The summed E-state index contributed by atoms with van der Waals surface area (Å²) >= 11 is 0. The molecular weight excluding hydrogens is 459 g/mol. The number of nitrogens with zero attached hydrogens (tertiary/aromatic N) is 2. The predicted octanol–water partition coefficient (Wildman–Crippen LogP) is 5.16. The van der Waals surface area contributed by atoms with Crippen LogP contribution in [0.25, 0.3) is 28.5 Å². The molecular formula is C29H31FN2O4. The van der Waals surface area contributed by atoms with Gasteiger partial charge < -0.3 is 15.3 Å². The lowest BCUT2D eigenvalue weighted by molar-refractivity contribution is -0.139. The molecule has 0 bridgehead atoms. The van der Waals surface area contributed by atoms with Crippen molar-refractivity contribution in [1.29, 1.82) is 0 Å². The van der Waals surface area contributed by atoms with Crippen LogP contribution in [0.15, 0.2) is 48.8 Å². The Morgan fingerprint density at radius 1 is 1.14 bits per heavy atom. The maximum atomic E-state index is 13.8. The minimum Gasteiger partial charge on any atom is -0.481 e. The van der Waals surface area contributed by atoms with Crippen molar-refractivity contribution in [3.8, 4) is 22.4 Å². The van der Waals surface area contributed by atoms with Gasteiger partial charge in [-0.05, 0) is 65.6 Å². The van der Waals surface area contributed by atoms with Crippen LogP contribution in [0.4, 0.5) is 4.39 Å². The average molecular weight is 491 g/mol. The molecule has 1 aliphatic rings. The molecule has 3 N–H and O–H groups in total. The zero-order valence-corrected chi connectivity index (χ0v) is 20.5. The van der Waals surface area contributed by atoms with Gasteiger partial charge in [0.05, 0.1) is 30.0 Å². The maximum Gasteiger partial charge on any atom is 0.305 e. The number of aliphatic hydroxyl groups excluding tert-OH is 2. The third-order valence-electron chi connectivity index (χ3n) is 6.49. The molecule has 0 spiro atoms. The number of aromatic nitrogens is 2. The van der Waals surface area contributed by atoms with Gasteiger partial charge in [-0.25, -0.2) is 4.39 Å². The van der Waals surface area contributed by atoms with E-state index in [-0.39, 0.29) is 18.2 Å². The van der Waals surface area contributed by atoms with E-state index in [1.807, 2.05) is 12.3 Å². The third kappa shape index (κ3) is 5.69. The predicted molar refractivity (Wildman–Crippen MR) is 137 cm³/mol. The standard InChI is InChI=1S/C29H31FN2O4/c1-17(2)28-24(11-10-21(33)14-22(34)15-26(35)36)27(19-6-8-20(30)9-7-19)23-5-3-4-18-12-13-31-16-25(18)29(23)32-28/h6-13,16-17,21-22,33-34H,3-5,14-15H2,1-2H3,(H,35,36)/b11-10+/t21-,22-/m1/s1. The Morgan fingerprint density at radius 3 is 2.58 bits per heavy atom. The van der Waals surface area contributed by atoms with Crippen molar-refractivity contribution in [1.82, 2.24) is 9.97 Å². The van der Waals surface area contributed by atoms with Gasteiger partial charge >= 0.3 is 5.97 Å². The second kappa shape index (κ2) is 11.1. The van der Waals surface area contributed by atoms with Gasteiger partial charge in [-0.15, -0.1) is 0 Å². The number of carboxylic acid groups (broad SMARTS) is 1. The number of aliphatic carboxylic acids is 1. The fourth-order valence-corrected chi connectivity index (χ4v) is 4.84. The van der Waals surface area contributed by atoms with Crippen molar-refractivity contribution in [2.75, 3.05) is 0 Å². The van der Waals surface area contributed by atoms with Crippen molar-refractivity contribution < 1.29 is 24.5 Å². The molecule has 4 rings (SSSR count). The number of carboxylic acids is 1. The van der Waals surface area contributed by atoms with Crippen LogP contribution in [0.2, 0.25) is 0 Å². The zero-order chi connectivity index (χ0) is 25.8. The maximum absolute atomic E-state index is 13.8. The summed E-state index contributed by atoms with van der Waals surface area (Å²) in [6.45, 7) is 4.10. The first-order valence-electron chi connectivity index (χ1n) is 12.3. The highest BCUT2D eigenvalue weighted by atomic mass is 19.1. The van der Waals surface area contributed by atoms with Crippen LogP contribution in [-0.4, -0.2) is 43.5 Å². The molecule has 0 saturated heterocycles. The Kier molecular flexibility index (Phi) is 7.91. The first-order valence-corrected chi connectivity index (χ1v) is 12.3. The lowest BCUT2D eigenvalue weighted by Gasteiger charge is -2.22. The summed E-state index contributed by atoms with van der Waals surface area (Å²) in [5.74, 6) is -1.39. The second-order valence-corrected chi connectivity index (χ2v) is 9.57. The Hall–Kier alpha value is -3.42. The van der Waals surface area contributed by atoms with Crippen molar-refractivity contribution in [3.05, 3.63) is 77.0 Å². The zero-order valence-electron chi connectivity index (χ0n) is 20.5. The van der Waals surface area contributed by atoms with Crippen molar-refractivity contribution in [2.45, 2.75) is 64.1 Å². The van der Waals surface area contributed by atoms with Gasteiger partial charge in [-0.3, -0.25) is 14.8 Å². The number of aryl methyl sites for hydroxylation is 1. The molecule has 188 valence electrons. The molecule has 36 heavy (non-hydrogen) atoms. The highest BCUT2D eigenvalue weighted by molar-refractivity contribution is 5.85. The van der Waals surface area contributed by atoms with Gasteiger partial charge in [-0.2, -0.15) is 0 Å². The van der Waals surface area contributed by atoms with E-state index in [0.717, 1.165) is 58.5 Å². The smallest absolute Gasteiger partial charge is 0.305 e. The number of benzene rings is 1. The number of fused-ring (bicyclic) bond motifs is 3. The van der Waals surface area contributed by atoms with E-state index >= 15 is 0 Å². The fraction of sp³-hybridized carbons (Fsp3) is 0.345. The number of rotatable bonds is 8. The molecule has 2 aromatic heterocycles. The minimum atomic E-state index is -1.16. The monoisotopic (exact) mass is 490 g/mol. The number of carbonyl (C=O) groups is 1. The topological polar surface area (TPSA) is 104 Å². The van der Waals surface area contributed by atoms with Crippen LogP contribution in [0.3, 0.4) is 0 Å². The SMILES string of the molecule is CC(C)c1nc2c(c(-c3ccc(F)cc3)c1/C=C/[C@@H](O)C[C@@H](O)CC(=O)O)CCCc1ccncc1-2. The molecule has 7 heteroatoms. The van der Waals surface area contributed by atoms with Gasteiger partial charge in [0.15, 0.2) is 0 Å². The van der Waals surface area contributed by atoms with E-state index in [1.54, 1.807) is 30.5 Å².